The number of nitrogens with zero attached hydrogens (tertiary/aromatic N) is 2. The normalized spacial score (nSPS) is 21.1. The van der Waals surface area contributed by atoms with Crippen molar-refractivity contribution in [1.82, 2.24) is 8.61 Å². The van der Waals surface area contributed by atoms with Crippen molar-refractivity contribution in [3.05, 3.63) is 35.9 Å². The van der Waals surface area contributed by atoms with Crippen molar-refractivity contribution >= 4 is 10.2 Å². The first kappa shape index (κ1) is 14.5. The van der Waals surface area contributed by atoms with E-state index in [2.05, 4.69) is 0 Å². The van der Waals surface area contributed by atoms with E-state index < -0.39 is 10.2 Å². The van der Waals surface area contributed by atoms with E-state index in [-0.39, 0.29) is 0 Å². The molecule has 106 valence electrons. The van der Waals surface area contributed by atoms with Crippen LogP contribution in [0.2, 0.25) is 0 Å². The zero-order valence-electron chi connectivity index (χ0n) is 11.2. The highest BCUT2D eigenvalue weighted by Gasteiger charge is 2.33. The Morgan fingerprint density at radius 1 is 1.37 bits per heavy atom. The van der Waals surface area contributed by atoms with E-state index in [1.54, 1.807) is 7.05 Å². The first-order valence-corrected chi connectivity index (χ1v) is 7.89. The van der Waals surface area contributed by atoms with Crippen molar-refractivity contribution in [1.29, 1.82) is 0 Å². The molecule has 1 aliphatic heterocycles. The molecule has 2 N–H and O–H groups in total. The number of benzene rings is 1. The molecule has 1 atom stereocenters. The lowest BCUT2D eigenvalue weighted by Crippen LogP contribution is -2.40. The summed E-state index contributed by atoms with van der Waals surface area (Å²) < 4.78 is 27.8. The fraction of sp³-hybridized carbons (Fsp3) is 0.538. The lowest BCUT2D eigenvalue weighted by Gasteiger charge is -2.24. The van der Waals surface area contributed by atoms with Crippen LogP contribution in [0.25, 0.3) is 0 Å². The van der Waals surface area contributed by atoms with Crippen LogP contribution >= 0.6 is 0 Å². The molecule has 0 saturated carbocycles. The predicted molar refractivity (Wildman–Crippen MR) is 75.6 cm³/mol. The molecule has 0 spiro atoms. The van der Waals surface area contributed by atoms with Crippen LogP contribution in [0.15, 0.2) is 30.3 Å². The van der Waals surface area contributed by atoms with E-state index in [9.17, 15) is 8.42 Å². The average Bonchev–Trinajstić information content (AvgIpc) is 2.89. The monoisotopic (exact) mass is 283 g/mol. The Morgan fingerprint density at radius 3 is 2.63 bits per heavy atom. The van der Waals surface area contributed by atoms with Gasteiger partial charge in [0.2, 0.25) is 0 Å². The van der Waals surface area contributed by atoms with Crippen LogP contribution in [0.5, 0.6) is 0 Å². The Labute approximate surface area is 115 Å². The molecule has 1 aromatic carbocycles. The molecule has 0 amide bonds. The smallest absolute Gasteiger partial charge is 0.282 e. The van der Waals surface area contributed by atoms with E-state index in [1.165, 1.54) is 8.61 Å². The summed E-state index contributed by atoms with van der Waals surface area (Å²) in [4.78, 5) is 0. The molecule has 1 aromatic rings. The van der Waals surface area contributed by atoms with Crippen LogP contribution in [0, 0.1) is 5.92 Å². The highest BCUT2D eigenvalue weighted by atomic mass is 32.2. The third-order valence-corrected chi connectivity index (χ3v) is 5.45. The van der Waals surface area contributed by atoms with Gasteiger partial charge >= 0.3 is 0 Å². The molecular formula is C13H21N3O2S. The van der Waals surface area contributed by atoms with Crippen LogP contribution in [0.3, 0.4) is 0 Å². The van der Waals surface area contributed by atoms with Gasteiger partial charge in [0.25, 0.3) is 10.2 Å². The topological polar surface area (TPSA) is 66.6 Å². The molecule has 1 saturated heterocycles. The zero-order valence-corrected chi connectivity index (χ0v) is 12.0. The molecule has 19 heavy (non-hydrogen) atoms. The molecule has 5 nitrogen and oxygen atoms in total. The summed E-state index contributed by atoms with van der Waals surface area (Å²) in [5, 5.41) is 0. The standard InChI is InChI=1S/C13H21N3O2S/c1-15(10-12-5-3-2-4-6-12)19(17,18)16-8-7-13(9-14)11-16/h2-6,13H,7-11,14H2,1H3. The summed E-state index contributed by atoms with van der Waals surface area (Å²) in [6.45, 7) is 2.06. The highest BCUT2D eigenvalue weighted by molar-refractivity contribution is 7.86. The third-order valence-electron chi connectivity index (χ3n) is 3.55. The number of hydrogen-bond acceptors (Lipinski definition) is 3. The molecule has 1 fully saturated rings. The van der Waals surface area contributed by atoms with Gasteiger partial charge in [-0.15, -0.1) is 0 Å². The van der Waals surface area contributed by atoms with Gasteiger partial charge in [-0.05, 0) is 24.4 Å². The van der Waals surface area contributed by atoms with Gasteiger partial charge in [-0.2, -0.15) is 17.0 Å². The number of rotatable bonds is 5. The van der Waals surface area contributed by atoms with Crippen LogP contribution in [-0.2, 0) is 16.8 Å². The van der Waals surface area contributed by atoms with Gasteiger partial charge in [0, 0.05) is 26.7 Å². The Kier molecular flexibility index (Phi) is 4.57. The molecule has 0 aromatic heterocycles. The maximum absolute atomic E-state index is 12.4. The van der Waals surface area contributed by atoms with Crippen molar-refractivity contribution in [2.45, 2.75) is 13.0 Å². The molecule has 0 radical (unpaired) electrons. The average molecular weight is 283 g/mol. The van der Waals surface area contributed by atoms with Gasteiger partial charge in [0.1, 0.15) is 0 Å². The van der Waals surface area contributed by atoms with Crippen molar-refractivity contribution in [2.24, 2.45) is 11.7 Å². The molecule has 1 unspecified atom stereocenters. The summed E-state index contributed by atoms with van der Waals surface area (Å²) >= 11 is 0. The lowest BCUT2D eigenvalue weighted by molar-refractivity contribution is 0.384. The second-order valence-corrected chi connectivity index (χ2v) is 7.03. The van der Waals surface area contributed by atoms with Crippen LogP contribution < -0.4 is 5.73 Å². The molecule has 0 aliphatic carbocycles. The molecule has 0 bridgehead atoms. The van der Waals surface area contributed by atoms with Gasteiger partial charge in [-0.3, -0.25) is 0 Å². The molecule has 2 rings (SSSR count). The molecular weight excluding hydrogens is 262 g/mol. The first-order valence-electron chi connectivity index (χ1n) is 6.49. The van der Waals surface area contributed by atoms with Crippen molar-refractivity contribution < 1.29 is 8.42 Å². The van der Waals surface area contributed by atoms with E-state index in [0.29, 0.717) is 32.1 Å². The van der Waals surface area contributed by atoms with Crippen LogP contribution in [0.1, 0.15) is 12.0 Å². The SMILES string of the molecule is CN(Cc1ccccc1)S(=O)(=O)N1CCC(CN)C1. The van der Waals surface area contributed by atoms with Crippen LogP contribution in [0.4, 0.5) is 0 Å². The fourth-order valence-electron chi connectivity index (χ4n) is 2.32. The van der Waals surface area contributed by atoms with Gasteiger partial charge in [0.05, 0.1) is 0 Å². The van der Waals surface area contributed by atoms with E-state index >= 15 is 0 Å². The Balaban J connectivity index is 2.03. The van der Waals surface area contributed by atoms with E-state index in [1.807, 2.05) is 30.3 Å². The minimum Gasteiger partial charge on any atom is -0.330 e. The number of hydrogen-bond donors (Lipinski definition) is 1. The summed E-state index contributed by atoms with van der Waals surface area (Å²) in [6, 6.07) is 9.61. The van der Waals surface area contributed by atoms with Gasteiger partial charge in [0.15, 0.2) is 0 Å². The fourth-order valence-corrected chi connectivity index (χ4v) is 3.76. The minimum absolute atomic E-state index is 0.292. The second kappa shape index (κ2) is 6.00. The largest absolute Gasteiger partial charge is 0.330 e. The minimum atomic E-state index is -3.37. The van der Waals surface area contributed by atoms with E-state index in [0.717, 1.165) is 12.0 Å². The summed E-state index contributed by atoms with van der Waals surface area (Å²) in [5.74, 6) is 0.292. The summed E-state index contributed by atoms with van der Waals surface area (Å²) in [7, 11) is -1.75. The molecule has 6 heteroatoms. The quantitative estimate of drug-likeness (QED) is 0.862. The Morgan fingerprint density at radius 2 is 2.05 bits per heavy atom. The number of nitrogens with two attached hydrogens (primary N) is 1. The first-order chi connectivity index (χ1) is 9.04. The third kappa shape index (κ3) is 3.33. The maximum Gasteiger partial charge on any atom is 0.282 e. The predicted octanol–water partition coefficient (Wildman–Crippen LogP) is 0.644. The van der Waals surface area contributed by atoms with Gasteiger partial charge in [-0.1, -0.05) is 30.3 Å². The van der Waals surface area contributed by atoms with E-state index in [4.69, 9.17) is 5.73 Å². The van der Waals surface area contributed by atoms with Crippen molar-refractivity contribution in [3.8, 4) is 0 Å². The summed E-state index contributed by atoms with van der Waals surface area (Å²) in [6.07, 6.45) is 0.856. The van der Waals surface area contributed by atoms with Gasteiger partial charge < -0.3 is 5.73 Å². The molecule has 1 aliphatic rings. The maximum atomic E-state index is 12.4. The van der Waals surface area contributed by atoms with Crippen molar-refractivity contribution in [2.75, 3.05) is 26.7 Å². The summed E-state index contributed by atoms with van der Waals surface area (Å²) in [5.41, 5.74) is 6.59. The van der Waals surface area contributed by atoms with Crippen LogP contribution in [-0.4, -0.2) is 43.7 Å². The Bertz CT molecular complexity index is 504. The lowest BCUT2D eigenvalue weighted by atomic mass is 10.1. The Hall–Kier alpha value is -0.950. The van der Waals surface area contributed by atoms with Crippen molar-refractivity contribution in [3.63, 3.8) is 0 Å². The van der Waals surface area contributed by atoms with Gasteiger partial charge in [-0.25, -0.2) is 0 Å². The zero-order chi connectivity index (χ0) is 13.9. The second-order valence-electron chi connectivity index (χ2n) is 5.00. The molecule has 1 heterocycles. The highest BCUT2D eigenvalue weighted by Crippen LogP contribution is 2.21.